The summed E-state index contributed by atoms with van der Waals surface area (Å²) in [5, 5.41) is 2.46. The fourth-order valence-electron chi connectivity index (χ4n) is 1.87. The molecule has 1 amide bonds. The van der Waals surface area contributed by atoms with E-state index in [2.05, 4.69) is 10.1 Å². The lowest BCUT2D eigenvalue weighted by atomic mass is 10.1. The van der Waals surface area contributed by atoms with Gasteiger partial charge in [0, 0.05) is 6.92 Å². The van der Waals surface area contributed by atoms with Crippen molar-refractivity contribution < 1.29 is 19.1 Å². The van der Waals surface area contributed by atoms with Crippen LogP contribution < -0.4 is 10.1 Å². The van der Waals surface area contributed by atoms with Gasteiger partial charge in [0.15, 0.2) is 0 Å². The summed E-state index contributed by atoms with van der Waals surface area (Å²) in [6.45, 7) is 8.61. The average Bonchev–Trinajstić information content (AvgIpc) is 2.37. The minimum atomic E-state index is -0.930. The molecule has 0 radical (unpaired) electrons. The zero-order valence-electron chi connectivity index (χ0n) is 13.9. The molecule has 0 aromatic heterocycles. The molecule has 0 aliphatic rings. The quantitative estimate of drug-likeness (QED) is 0.870. The highest BCUT2D eigenvalue weighted by atomic mass is 16.5. The molecule has 0 unspecified atom stereocenters. The highest BCUT2D eigenvalue weighted by Gasteiger charge is 2.28. The van der Waals surface area contributed by atoms with Crippen LogP contribution in [0.1, 0.15) is 31.9 Å². The van der Waals surface area contributed by atoms with Gasteiger partial charge in [-0.05, 0) is 38.8 Å². The maximum atomic E-state index is 10.9. The van der Waals surface area contributed by atoms with Crippen LogP contribution in [0.25, 0.3) is 0 Å². The van der Waals surface area contributed by atoms with Gasteiger partial charge in [-0.3, -0.25) is 4.79 Å². The number of para-hydroxylation sites is 1. The van der Waals surface area contributed by atoms with Crippen molar-refractivity contribution in [3.63, 3.8) is 0 Å². The molecule has 0 saturated carbocycles. The Kier molecular flexibility index (Phi) is 7.49. The molecule has 21 heavy (non-hydrogen) atoms. The van der Waals surface area contributed by atoms with Crippen molar-refractivity contribution in [1.82, 2.24) is 5.32 Å². The van der Waals surface area contributed by atoms with E-state index in [0.717, 1.165) is 5.75 Å². The predicted molar refractivity (Wildman–Crippen MR) is 82.4 cm³/mol. The molecule has 1 aromatic rings. The highest BCUT2D eigenvalue weighted by Crippen LogP contribution is 2.20. The normalized spacial score (nSPS) is 10.0. The third-order valence-electron chi connectivity index (χ3n) is 2.80. The molecule has 0 atom stereocenters. The van der Waals surface area contributed by atoms with E-state index in [-0.39, 0.29) is 5.91 Å². The lowest BCUT2D eigenvalue weighted by molar-refractivity contribution is -0.149. The summed E-state index contributed by atoms with van der Waals surface area (Å²) >= 11 is 0. The van der Waals surface area contributed by atoms with E-state index >= 15 is 0 Å². The molecule has 1 aromatic carbocycles. The van der Waals surface area contributed by atoms with E-state index < -0.39 is 11.5 Å². The molecule has 0 saturated heterocycles. The number of aryl methyl sites for hydroxylation is 2. The SMILES string of the molecule is COC(=O)C(C)(C)NC(C)=O.COc1c(C)cccc1C. The summed E-state index contributed by atoms with van der Waals surface area (Å²) in [7, 11) is 2.99. The van der Waals surface area contributed by atoms with Crippen LogP contribution >= 0.6 is 0 Å². The van der Waals surface area contributed by atoms with Gasteiger partial charge in [0.2, 0.25) is 5.91 Å². The number of esters is 1. The van der Waals surface area contributed by atoms with Gasteiger partial charge in [-0.25, -0.2) is 4.79 Å². The largest absolute Gasteiger partial charge is 0.496 e. The summed E-state index contributed by atoms with van der Waals surface area (Å²) in [4.78, 5) is 21.5. The summed E-state index contributed by atoms with van der Waals surface area (Å²) in [5.41, 5.74) is 1.46. The number of benzene rings is 1. The van der Waals surface area contributed by atoms with E-state index in [4.69, 9.17) is 4.74 Å². The molecule has 0 bridgehead atoms. The Balaban J connectivity index is 0.000000382. The van der Waals surface area contributed by atoms with E-state index in [0.29, 0.717) is 0 Å². The summed E-state index contributed by atoms with van der Waals surface area (Å²) < 4.78 is 9.64. The fourth-order valence-corrected chi connectivity index (χ4v) is 1.87. The van der Waals surface area contributed by atoms with E-state index in [9.17, 15) is 9.59 Å². The Hall–Kier alpha value is -2.04. The van der Waals surface area contributed by atoms with Gasteiger partial charge < -0.3 is 14.8 Å². The van der Waals surface area contributed by atoms with Crippen molar-refractivity contribution in [1.29, 1.82) is 0 Å². The van der Waals surface area contributed by atoms with Crippen LogP contribution in [-0.2, 0) is 14.3 Å². The Morgan fingerprint density at radius 1 is 1.10 bits per heavy atom. The van der Waals surface area contributed by atoms with Crippen LogP contribution in [0.15, 0.2) is 18.2 Å². The first-order valence-corrected chi connectivity index (χ1v) is 6.63. The summed E-state index contributed by atoms with van der Waals surface area (Å²) in [6, 6.07) is 6.13. The van der Waals surface area contributed by atoms with Crippen LogP contribution in [0.2, 0.25) is 0 Å². The molecule has 0 spiro atoms. The summed E-state index contributed by atoms with van der Waals surface area (Å²) in [6.07, 6.45) is 0. The maximum absolute atomic E-state index is 10.9. The van der Waals surface area contributed by atoms with E-state index in [1.807, 2.05) is 32.0 Å². The molecule has 0 aliphatic heterocycles. The zero-order chi connectivity index (χ0) is 16.6. The second kappa shape index (κ2) is 8.29. The molecule has 5 heteroatoms. The van der Waals surface area contributed by atoms with Crippen LogP contribution in [0.3, 0.4) is 0 Å². The van der Waals surface area contributed by atoms with Crippen molar-refractivity contribution in [3.8, 4) is 5.75 Å². The highest BCUT2D eigenvalue weighted by molar-refractivity contribution is 5.86. The third kappa shape index (κ3) is 6.29. The number of rotatable bonds is 3. The minimum absolute atomic E-state index is 0.250. The number of nitrogens with one attached hydrogen (secondary N) is 1. The van der Waals surface area contributed by atoms with Crippen LogP contribution in [-0.4, -0.2) is 31.6 Å². The van der Waals surface area contributed by atoms with Crippen molar-refractivity contribution in [2.75, 3.05) is 14.2 Å². The topological polar surface area (TPSA) is 64.6 Å². The molecule has 1 rings (SSSR count). The number of amides is 1. The third-order valence-corrected chi connectivity index (χ3v) is 2.80. The maximum Gasteiger partial charge on any atom is 0.330 e. The van der Waals surface area contributed by atoms with Crippen molar-refractivity contribution in [2.24, 2.45) is 0 Å². The number of hydrogen-bond acceptors (Lipinski definition) is 4. The van der Waals surface area contributed by atoms with Gasteiger partial charge in [0.25, 0.3) is 0 Å². The molecule has 0 aliphatic carbocycles. The van der Waals surface area contributed by atoms with Crippen LogP contribution in [0.4, 0.5) is 0 Å². The van der Waals surface area contributed by atoms with Gasteiger partial charge in [-0.1, -0.05) is 18.2 Å². The van der Waals surface area contributed by atoms with E-state index in [1.165, 1.54) is 25.2 Å². The Morgan fingerprint density at radius 3 is 1.86 bits per heavy atom. The van der Waals surface area contributed by atoms with Gasteiger partial charge in [-0.2, -0.15) is 0 Å². The Bertz CT molecular complexity index is 475. The molecule has 0 heterocycles. The number of carbonyl (C=O) groups is 2. The molecular formula is C16H25NO4. The van der Waals surface area contributed by atoms with Gasteiger partial charge in [0.1, 0.15) is 11.3 Å². The van der Waals surface area contributed by atoms with Crippen molar-refractivity contribution in [2.45, 2.75) is 40.2 Å². The Labute approximate surface area is 126 Å². The monoisotopic (exact) mass is 295 g/mol. The van der Waals surface area contributed by atoms with Gasteiger partial charge in [0.05, 0.1) is 14.2 Å². The lowest BCUT2D eigenvalue weighted by Gasteiger charge is -2.21. The average molecular weight is 295 g/mol. The first kappa shape index (κ1) is 19.0. The fraction of sp³-hybridized carbons (Fsp3) is 0.500. The van der Waals surface area contributed by atoms with Crippen molar-refractivity contribution in [3.05, 3.63) is 29.3 Å². The minimum Gasteiger partial charge on any atom is -0.496 e. The molecular weight excluding hydrogens is 270 g/mol. The second-order valence-corrected chi connectivity index (χ2v) is 5.22. The first-order chi connectivity index (χ1) is 9.65. The van der Waals surface area contributed by atoms with Crippen LogP contribution in [0, 0.1) is 13.8 Å². The van der Waals surface area contributed by atoms with Gasteiger partial charge >= 0.3 is 5.97 Å². The number of hydrogen-bond donors (Lipinski definition) is 1. The Morgan fingerprint density at radius 2 is 1.57 bits per heavy atom. The zero-order valence-corrected chi connectivity index (χ0v) is 13.9. The van der Waals surface area contributed by atoms with Crippen molar-refractivity contribution >= 4 is 11.9 Å². The number of ether oxygens (including phenoxy) is 2. The molecule has 0 fully saturated rings. The molecule has 118 valence electrons. The predicted octanol–water partition coefficient (Wildman–Crippen LogP) is 2.39. The van der Waals surface area contributed by atoms with Gasteiger partial charge in [-0.15, -0.1) is 0 Å². The number of methoxy groups -OCH3 is 2. The van der Waals surface area contributed by atoms with E-state index in [1.54, 1.807) is 21.0 Å². The smallest absolute Gasteiger partial charge is 0.330 e. The molecule has 5 nitrogen and oxygen atoms in total. The first-order valence-electron chi connectivity index (χ1n) is 6.63. The molecule has 1 N–H and O–H groups in total. The van der Waals surface area contributed by atoms with Crippen LogP contribution in [0.5, 0.6) is 5.75 Å². The second-order valence-electron chi connectivity index (χ2n) is 5.22. The number of carbonyl (C=O) groups excluding carboxylic acids is 2. The standard InChI is InChI=1S/C9H12O.C7H13NO3/c1-7-5-4-6-8(2)9(7)10-3;1-5(9)8-7(2,3)6(10)11-4/h4-6H,1-3H3;1-4H3,(H,8,9). The summed E-state index contributed by atoms with van der Waals surface area (Å²) in [5.74, 6) is 0.301. The lowest BCUT2D eigenvalue weighted by Crippen LogP contribution is -2.49.